The fourth-order valence-electron chi connectivity index (χ4n) is 4.50. The standard InChI is InChI=1S/C28H27BrN4O11S/c1-14(34)40-13-22-23(41-15(2)35)24(42-16(3)36)25(43-17(4)37)27(44-22)45-28-31-30-26(18-6-5-7-21(12-18)33(38)39)32(28)20-10-8-19(29)9-11-20/h5-12,22-25,27H,13H2,1-4H3/t22-,23-,24+,25-,27+/m1/s1. The summed E-state index contributed by atoms with van der Waals surface area (Å²) in [7, 11) is 0. The van der Waals surface area contributed by atoms with E-state index in [-0.39, 0.29) is 16.7 Å². The molecule has 0 spiro atoms. The third-order valence-electron chi connectivity index (χ3n) is 6.20. The first-order valence-corrected chi connectivity index (χ1v) is 14.9. The van der Waals surface area contributed by atoms with Crippen molar-refractivity contribution < 1.29 is 47.8 Å². The molecular weight excluding hydrogens is 680 g/mol. The Morgan fingerprint density at radius 1 is 0.911 bits per heavy atom. The predicted molar refractivity (Wildman–Crippen MR) is 159 cm³/mol. The van der Waals surface area contributed by atoms with Gasteiger partial charge >= 0.3 is 23.9 Å². The van der Waals surface area contributed by atoms with Gasteiger partial charge in [0, 0.05) is 55.6 Å². The van der Waals surface area contributed by atoms with Crippen LogP contribution in [0.3, 0.4) is 0 Å². The molecule has 17 heteroatoms. The normalized spacial score (nSPS) is 21.0. The predicted octanol–water partition coefficient (Wildman–Crippen LogP) is 3.78. The largest absolute Gasteiger partial charge is 0.463 e. The van der Waals surface area contributed by atoms with Crippen molar-refractivity contribution in [1.29, 1.82) is 0 Å². The molecule has 4 rings (SSSR count). The minimum atomic E-state index is -1.37. The summed E-state index contributed by atoms with van der Waals surface area (Å²) >= 11 is 4.33. The Kier molecular flexibility index (Phi) is 10.9. The highest BCUT2D eigenvalue weighted by Gasteiger charge is 2.53. The number of carbonyl (C=O) groups excluding carboxylic acids is 4. The number of nitro benzene ring substituents is 1. The Bertz CT molecular complexity index is 1600. The molecule has 1 saturated heterocycles. The Balaban J connectivity index is 1.84. The maximum atomic E-state index is 12.3. The van der Waals surface area contributed by atoms with Gasteiger partial charge < -0.3 is 23.7 Å². The van der Waals surface area contributed by atoms with E-state index in [1.165, 1.54) is 25.1 Å². The van der Waals surface area contributed by atoms with Gasteiger partial charge in [-0.1, -0.05) is 28.1 Å². The van der Waals surface area contributed by atoms with Crippen LogP contribution in [0.15, 0.2) is 58.2 Å². The molecule has 0 amide bonds. The quantitative estimate of drug-likeness (QED) is 0.128. The molecule has 1 aromatic heterocycles. The van der Waals surface area contributed by atoms with Gasteiger partial charge in [-0.05, 0) is 36.0 Å². The van der Waals surface area contributed by atoms with Crippen LogP contribution in [0.4, 0.5) is 5.69 Å². The second-order valence-corrected chi connectivity index (χ2v) is 11.6. The molecule has 0 N–H and O–H groups in total. The van der Waals surface area contributed by atoms with Crippen molar-refractivity contribution in [2.75, 3.05) is 6.61 Å². The van der Waals surface area contributed by atoms with E-state index in [2.05, 4.69) is 26.1 Å². The molecular formula is C28H27BrN4O11S. The van der Waals surface area contributed by atoms with Crippen molar-refractivity contribution in [2.24, 2.45) is 0 Å². The smallest absolute Gasteiger partial charge is 0.303 e. The first-order valence-electron chi connectivity index (χ1n) is 13.3. The SMILES string of the molecule is CC(=O)OC[C@H]1O[C@@H](Sc2nnc(-c3cccc([N+](=O)[O-])c3)n2-c2ccc(Br)cc2)[C@H](OC(C)=O)[C@@H](OC(C)=O)[C@@H]1OC(C)=O. The highest BCUT2D eigenvalue weighted by Crippen LogP contribution is 2.39. The molecule has 5 atom stereocenters. The number of hydrogen-bond acceptors (Lipinski definition) is 14. The van der Waals surface area contributed by atoms with Gasteiger partial charge in [0.1, 0.15) is 12.7 Å². The summed E-state index contributed by atoms with van der Waals surface area (Å²) in [5, 5.41) is 20.3. The third kappa shape index (κ3) is 8.43. The zero-order chi connectivity index (χ0) is 32.8. The molecule has 0 saturated carbocycles. The number of thioether (sulfide) groups is 1. The van der Waals surface area contributed by atoms with Crippen LogP contribution < -0.4 is 0 Å². The number of benzene rings is 2. The molecule has 45 heavy (non-hydrogen) atoms. The van der Waals surface area contributed by atoms with Crippen LogP contribution >= 0.6 is 27.7 Å². The second-order valence-electron chi connectivity index (χ2n) is 9.61. The molecule has 15 nitrogen and oxygen atoms in total. The molecule has 2 heterocycles. The van der Waals surface area contributed by atoms with Crippen LogP contribution in [0.25, 0.3) is 17.1 Å². The average Bonchev–Trinajstić information content (AvgIpc) is 3.38. The number of hydrogen-bond donors (Lipinski definition) is 0. The van der Waals surface area contributed by atoms with E-state index >= 15 is 0 Å². The Labute approximate surface area is 268 Å². The zero-order valence-electron chi connectivity index (χ0n) is 24.3. The molecule has 0 aliphatic carbocycles. The summed E-state index contributed by atoms with van der Waals surface area (Å²) in [5.74, 6) is -2.67. The minimum Gasteiger partial charge on any atom is -0.463 e. The number of esters is 4. The molecule has 0 bridgehead atoms. The maximum absolute atomic E-state index is 12.3. The van der Waals surface area contributed by atoms with Crippen LogP contribution in [0, 0.1) is 10.1 Å². The molecule has 0 radical (unpaired) electrons. The number of ether oxygens (including phenoxy) is 5. The van der Waals surface area contributed by atoms with E-state index < -0.39 is 65.3 Å². The van der Waals surface area contributed by atoms with Crippen molar-refractivity contribution in [3.8, 4) is 17.1 Å². The van der Waals surface area contributed by atoms with E-state index in [0.717, 1.165) is 37.0 Å². The lowest BCUT2D eigenvalue weighted by molar-refractivity contribution is -0.384. The van der Waals surface area contributed by atoms with E-state index in [9.17, 15) is 29.3 Å². The summed E-state index contributed by atoms with van der Waals surface area (Å²) in [5.41, 5.74) is -0.389. The van der Waals surface area contributed by atoms with Gasteiger partial charge in [0.05, 0.1) is 4.92 Å². The highest BCUT2D eigenvalue weighted by atomic mass is 79.9. The topological polar surface area (TPSA) is 188 Å². The summed E-state index contributed by atoms with van der Waals surface area (Å²) < 4.78 is 30.3. The van der Waals surface area contributed by atoms with Crippen LogP contribution in [0.2, 0.25) is 0 Å². The fraction of sp³-hybridized carbons (Fsp3) is 0.357. The first-order chi connectivity index (χ1) is 21.3. The minimum absolute atomic E-state index is 0.161. The molecule has 238 valence electrons. The van der Waals surface area contributed by atoms with Gasteiger partial charge in [-0.3, -0.25) is 33.9 Å². The summed E-state index contributed by atoms with van der Waals surface area (Å²) in [6, 6.07) is 12.9. The van der Waals surface area contributed by atoms with Gasteiger partial charge in [-0.25, -0.2) is 0 Å². The Hall–Kier alpha value is -4.35. The maximum Gasteiger partial charge on any atom is 0.303 e. The number of rotatable bonds is 10. The van der Waals surface area contributed by atoms with Crippen molar-refractivity contribution in [3.63, 3.8) is 0 Å². The molecule has 3 aromatic rings. The van der Waals surface area contributed by atoms with Gasteiger partial charge in [-0.2, -0.15) is 0 Å². The van der Waals surface area contributed by atoms with E-state index in [4.69, 9.17) is 23.7 Å². The first kappa shape index (κ1) is 33.5. The van der Waals surface area contributed by atoms with Gasteiger partial charge in [0.2, 0.25) is 0 Å². The lowest BCUT2D eigenvalue weighted by Gasteiger charge is -2.43. The molecule has 2 aromatic carbocycles. The molecule has 0 unspecified atom stereocenters. The lowest BCUT2D eigenvalue weighted by Crippen LogP contribution is -2.61. The number of halogens is 1. The van der Waals surface area contributed by atoms with Crippen molar-refractivity contribution in [1.82, 2.24) is 14.8 Å². The number of aromatic nitrogens is 3. The monoisotopic (exact) mass is 706 g/mol. The van der Waals surface area contributed by atoms with E-state index in [1.54, 1.807) is 34.9 Å². The number of nitrogens with zero attached hydrogens (tertiary/aromatic N) is 4. The molecule has 1 aliphatic heterocycles. The number of non-ortho nitro benzene ring substituents is 1. The van der Waals surface area contributed by atoms with Crippen molar-refractivity contribution in [2.45, 2.75) is 62.7 Å². The van der Waals surface area contributed by atoms with Crippen LogP contribution in [-0.2, 0) is 42.9 Å². The van der Waals surface area contributed by atoms with Gasteiger partial charge in [-0.15, -0.1) is 10.2 Å². The molecule has 1 fully saturated rings. The summed E-state index contributed by atoms with van der Waals surface area (Å²) in [6.45, 7) is 4.18. The van der Waals surface area contributed by atoms with E-state index in [1.807, 2.05) is 0 Å². The third-order valence-corrected chi connectivity index (χ3v) is 7.82. The zero-order valence-corrected chi connectivity index (χ0v) is 26.7. The average molecular weight is 708 g/mol. The Morgan fingerprint density at radius 3 is 2.13 bits per heavy atom. The number of carbonyl (C=O) groups is 4. The summed E-state index contributed by atoms with van der Waals surface area (Å²) in [4.78, 5) is 59.2. The lowest BCUT2D eigenvalue weighted by atomic mass is 9.99. The van der Waals surface area contributed by atoms with Crippen molar-refractivity contribution >= 4 is 57.3 Å². The Morgan fingerprint density at radius 2 is 1.53 bits per heavy atom. The van der Waals surface area contributed by atoms with Crippen LogP contribution in [0.1, 0.15) is 27.7 Å². The fourth-order valence-corrected chi connectivity index (χ4v) is 5.90. The second kappa shape index (κ2) is 14.6. The summed E-state index contributed by atoms with van der Waals surface area (Å²) in [6.07, 6.45) is -5.20. The van der Waals surface area contributed by atoms with Crippen molar-refractivity contribution in [3.05, 3.63) is 63.1 Å². The van der Waals surface area contributed by atoms with Gasteiger partial charge in [0.15, 0.2) is 34.7 Å². The van der Waals surface area contributed by atoms with Gasteiger partial charge in [0.25, 0.3) is 5.69 Å². The number of nitro groups is 1. The van der Waals surface area contributed by atoms with Crippen LogP contribution in [0.5, 0.6) is 0 Å². The highest BCUT2D eigenvalue weighted by molar-refractivity contribution is 9.10. The molecule has 1 aliphatic rings. The van der Waals surface area contributed by atoms with E-state index in [0.29, 0.717) is 11.3 Å². The van der Waals surface area contributed by atoms with Crippen LogP contribution in [-0.4, -0.2) is 80.0 Å².